The van der Waals surface area contributed by atoms with E-state index in [1.165, 1.54) is 26.8 Å². The van der Waals surface area contributed by atoms with Gasteiger partial charge in [-0.15, -0.1) is 4.79 Å². The minimum atomic E-state index is -4.52. The van der Waals surface area contributed by atoms with E-state index in [0.29, 0.717) is 24.0 Å². The summed E-state index contributed by atoms with van der Waals surface area (Å²) in [5, 5.41) is 0. The number of Topliss-reactive ketones (excluding diaryl/α,β-unsaturated/α-hetero) is 1. The molecule has 5 aromatic carbocycles. The summed E-state index contributed by atoms with van der Waals surface area (Å²) >= 11 is 0. The molecule has 5 aromatic rings. The van der Waals surface area contributed by atoms with Crippen molar-refractivity contribution in [1.29, 1.82) is 0 Å². The average molecular weight is 945 g/mol. The molecule has 0 aliphatic heterocycles. The van der Waals surface area contributed by atoms with Gasteiger partial charge in [-0.1, -0.05) is 85.6 Å². The zero-order chi connectivity index (χ0) is 47.5. The van der Waals surface area contributed by atoms with Crippen LogP contribution in [-0.2, 0) is 45.5 Å². The summed E-state index contributed by atoms with van der Waals surface area (Å²) in [5.74, 6) is 0.633. The summed E-state index contributed by atoms with van der Waals surface area (Å²) in [6.45, 7) is 16.7. The molecule has 0 saturated heterocycles. The van der Waals surface area contributed by atoms with Crippen LogP contribution in [0.1, 0.15) is 76.1 Å². The van der Waals surface area contributed by atoms with Crippen LogP contribution in [0.25, 0.3) is 5.53 Å². The fourth-order valence-electron chi connectivity index (χ4n) is 8.57. The Morgan fingerprint density at radius 2 is 1.16 bits per heavy atom. The zero-order valence-corrected chi connectivity index (χ0v) is 40.9. The number of aryl methyl sites for hydroxylation is 4. The zero-order valence-electron chi connectivity index (χ0n) is 37.7. The molecule has 11 nitrogen and oxygen atoms in total. The van der Waals surface area contributed by atoms with Gasteiger partial charge in [0.15, 0.2) is 14.7 Å². The topological polar surface area (TPSA) is 188 Å². The largest absolute Gasteiger partial charge is 0.748 e. The number of fused-ring (bicyclic) bond motifs is 2. The highest BCUT2D eigenvalue weighted by atomic mass is 32.3. The van der Waals surface area contributed by atoms with E-state index in [2.05, 4.69) is 110 Å². The molecule has 0 radical (unpaired) electrons. The minimum absolute atomic E-state index is 0.0248. The van der Waals surface area contributed by atoms with E-state index >= 15 is 0 Å². The Balaban J connectivity index is 0.000000186. The molecule has 2 saturated carbocycles. The Morgan fingerprint density at radius 3 is 1.50 bits per heavy atom. The van der Waals surface area contributed by atoms with E-state index in [4.69, 9.17) is 4.74 Å². The second-order valence-corrected chi connectivity index (χ2v) is 25.3. The predicted molar refractivity (Wildman–Crippen MR) is 250 cm³/mol. The van der Waals surface area contributed by atoms with Gasteiger partial charge in [-0.3, -0.25) is 4.79 Å². The van der Waals surface area contributed by atoms with Gasteiger partial charge in [0.05, 0.1) is 36.6 Å². The lowest BCUT2D eigenvalue weighted by molar-refractivity contribution is -0.128. The molecule has 2 aliphatic rings. The lowest BCUT2D eigenvalue weighted by Crippen LogP contribution is -2.42. The molecule has 2 aliphatic carbocycles. The van der Waals surface area contributed by atoms with E-state index in [1.54, 1.807) is 52.0 Å². The lowest BCUT2D eigenvalue weighted by Gasteiger charge is -2.37. The maximum absolute atomic E-state index is 12.8. The highest BCUT2D eigenvalue weighted by molar-refractivity contribution is 8.31. The Morgan fingerprint density at radius 1 is 0.719 bits per heavy atom. The first kappa shape index (κ1) is 50.1. The van der Waals surface area contributed by atoms with Gasteiger partial charge in [0, 0.05) is 11.8 Å². The second-order valence-electron chi connectivity index (χ2n) is 17.9. The average Bonchev–Trinajstić information content (AvgIpc) is 3.53. The number of benzene rings is 5. The van der Waals surface area contributed by atoms with Crippen LogP contribution in [0.3, 0.4) is 0 Å². The number of ketones is 1. The van der Waals surface area contributed by atoms with Gasteiger partial charge in [-0.25, -0.2) is 25.3 Å². The van der Waals surface area contributed by atoms with Gasteiger partial charge in [0.2, 0.25) is 0 Å². The molecule has 0 spiro atoms. The fraction of sp³-hybridized carbons (Fsp3) is 0.347. The third-order valence-corrected chi connectivity index (χ3v) is 19.3. The molecule has 0 N–H and O–H groups in total. The monoisotopic (exact) mass is 944 g/mol. The van der Waals surface area contributed by atoms with Crippen molar-refractivity contribution in [3.05, 3.63) is 149 Å². The van der Waals surface area contributed by atoms with Crippen molar-refractivity contribution in [3.63, 3.8) is 0 Å². The van der Waals surface area contributed by atoms with Gasteiger partial charge in [0.1, 0.15) is 17.1 Å². The number of hydrogen-bond donors (Lipinski definition) is 0. The van der Waals surface area contributed by atoms with Gasteiger partial charge >= 0.3 is 4.38 Å². The summed E-state index contributed by atoms with van der Waals surface area (Å²) in [6, 6.07) is 38.9. The molecule has 2 atom stereocenters. The quantitative estimate of drug-likeness (QED) is 0.0364. The Bertz CT molecular complexity index is 2770. The number of nitrogens with zero attached hydrogens (tertiary/aromatic N) is 2. The highest BCUT2D eigenvalue weighted by Crippen LogP contribution is 2.64. The summed E-state index contributed by atoms with van der Waals surface area (Å²) in [7, 11) is -13.5. The number of hydrogen-bond acceptors (Lipinski definition) is 9. The molecule has 15 heteroatoms. The van der Waals surface area contributed by atoms with Gasteiger partial charge < -0.3 is 14.8 Å². The van der Waals surface area contributed by atoms with Crippen LogP contribution in [0.15, 0.2) is 146 Å². The molecule has 64 heavy (non-hydrogen) atoms. The predicted octanol–water partition coefficient (Wildman–Crippen LogP) is 9.64. The molecule has 2 unspecified atom stereocenters. The first-order valence-corrected chi connectivity index (χ1v) is 26.5. The summed E-state index contributed by atoms with van der Waals surface area (Å²) < 4.78 is 88.7. The van der Waals surface area contributed by atoms with Crippen LogP contribution in [0.5, 0.6) is 5.75 Å². The Kier molecular flexibility index (Phi) is 15.1. The molecule has 2 fully saturated rings. The van der Waals surface area contributed by atoms with E-state index in [1.807, 2.05) is 13.8 Å². The van der Waals surface area contributed by atoms with Crippen LogP contribution in [-0.4, -0.2) is 56.1 Å². The van der Waals surface area contributed by atoms with Crippen molar-refractivity contribution < 1.29 is 44.1 Å². The van der Waals surface area contributed by atoms with E-state index < -0.39 is 45.3 Å². The van der Waals surface area contributed by atoms with E-state index in [-0.39, 0.29) is 43.4 Å². The third kappa shape index (κ3) is 11.1. The van der Waals surface area contributed by atoms with Gasteiger partial charge in [-0.05, 0) is 144 Å². The number of carbonyl (C=O) groups excluding carboxylic acids is 1. The van der Waals surface area contributed by atoms with Gasteiger partial charge in [-0.2, -0.15) is 0 Å². The van der Waals surface area contributed by atoms with Crippen molar-refractivity contribution in [3.8, 4) is 5.75 Å². The van der Waals surface area contributed by atoms with Crippen molar-refractivity contribution >= 4 is 50.8 Å². The molecule has 0 amide bonds. The van der Waals surface area contributed by atoms with Crippen LogP contribution >= 0.6 is 0 Å². The van der Waals surface area contributed by atoms with Crippen LogP contribution in [0, 0.1) is 44.4 Å². The van der Waals surface area contributed by atoms with Crippen molar-refractivity contribution in [2.75, 3.05) is 5.75 Å². The molecular formula is C49H56N2O9S4. The minimum Gasteiger partial charge on any atom is -0.748 e. The summed E-state index contributed by atoms with van der Waals surface area (Å²) in [4.78, 5) is 18.0. The maximum Gasteiger partial charge on any atom is 0.504 e. The standard InChI is InChI=1S/C22H23OS.C17H18N2O4S2.C10H16O4S/c1-22(2,3)23-18-14-16-21(17-15-18)24(19-10-6-4-7-11-19)20-12-8-5-9-13-20;1-11-5-7-15(13(3)9-11)24(20,21)17(19-18)25(22,23)16-8-6-12(2)10-14(16)4;1-9(2)7-3-4-10(9,8(11)5-7)6-15(12,13)14/h4-17H,1-3H3;5-10H,1-4H3;7H,3-6H2,1-2H3,(H,12,13,14)/q+1;;/p-1. The van der Waals surface area contributed by atoms with Crippen LogP contribution in [0.2, 0.25) is 0 Å². The number of carbonyl (C=O) groups is 1. The van der Waals surface area contributed by atoms with Crippen molar-refractivity contribution in [2.24, 2.45) is 16.7 Å². The SMILES string of the molecule is CC(C)(C)Oc1ccc([S+](c2ccccc2)c2ccccc2)cc1.CC1(C)C2CCC1(CS(=O)(=O)[O-])C(=O)C2.Cc1ccc(S(=O)(=O)C(=[N+]=[N-])S(=O)(=O)c2ccc(C)cc2C)c(C)c1. The maximum atomic E-state index is 12.8. The molecule has 340 valence electrons. The Hall–Kier alpha value is -4.89. The van der Waals surface area contributed by atoms with Crippen LogP contribution < -0.4 is 4.74 Å². The Labute approximate surface area is 381 Å². The molecule has 7 rings (SSSR count). The normalized spacial score (nSPS) is 18.0. The summed E-state index contributed by atoms with van der Waals surface area (Å²) in [5.41, 5.74) is 10.2. The van der Waals surface area contributed by atoms with E-state index in [0.717, 1.165) is 23.3 Å². The third-order valence-electron chi connectivity index (χ3n) is 11.8. The fourth-order valence-corrected chi connectivity index (χ4v) is 15.7. The highest BCUT2D eigenvalue weighted by Gasteiger charge is 2.64. The molecular weight excluding hydrogens is 889 g/mol. The molecule has 0 aromatic heterocycles. The first-order valence-electron chi connectivity index (χ1n) is 20.7. The van der Waals surface area contributed by atoms with Crippen molar-refractivity contribution in [1.82, 2.24) is 0 Å². The summed E-state index contributed by atoms with van der Waals surface area (Å²) in [6.07, 6.45) is 1.88. The van der Waals surface area contributed by atoms with E-state index in [9.17, 15) is 40.1 Å². The molecule has 0 heterocycles. The van der Waals surface area contributed by atoms with Crippen LogP contribution in [0.4, 0.5) is 0 Å². The van der Waals surface area contributed by atoms with Gasteiger partial charge in [0.25, 0.3) is 19.7 Å². The second kappa shape index (κ2) is 19.3. The lowest BCUT2D eigenvalue weighted by atomic mass is 9.70. The smallest absolute Gasteiger partial charge is 0.504 e. The first-order chi connectivity index (χ1) is 29.7. The van der Waals surface area contributed by atoms with Crippen molar-refractivity contribution in [2.45, 2.75) is 112 Å². The number of sulfone groups is 2. The number of ether oxygens (including phenoxy) is 1. The molecule has 2 bridgehead atoms. The number of rotatable bonds is 8.